The molecular weight excluding hydrogens is 733 g/mol. The fraction of sp³-hybridized carbons (Fsp3) is 0.218. The van der Waals surface area contributed by atoms with Crippen molar-refractivity contribution in [3.8, 4) is 28.4 Å². The second-order valence-corrected chi connectivity index (χ2v) is 18.8. The molecule has 0 saturated carbocycles. The van der Waals surface area contributed by atoms with Gasteiger partial charge in [0, 0.05) is 58.3 Å². The standard InChI is InChI=1S/C55H54N4O/c1-53(2,3)41-20-15-21-44(31-41)57-28-29-58(37-57)45-32-43(55(7,8)40-18-13-10-14-19-40)33-47(35-45)60-46-23-24-48-49-30-39(38-16-11-9-12-17-38)22-25-50(49)59(51(48)36-46)52-34-42(26-27-56-52)54(4,5)6/h9-36H,37H2,1-8H3. The van der Waals surface area contributed by atoms with Gasteiger partial charge in [-0.05, 0) is 105 Å². The number of benzene rings is 6. The number of rotatable bonds is 8. The van der Waals surface area contributed by atoms with Crippen LogP contribution in [-0.4, -0.2) is 16.2 Å². The zero-order chi connectivity index (χ0) is 41.8. The third-order valence-corrected chi connectivity index (χ3v) is 12.1. The summed E-state index contributed by atoms with van der Waals surface area (Å²) < 4.78 is 9.27. The topological polar surface area (TPSA) is 33.5 Å². The predicted octanol–water partition coefficient (Wildman–Crippen LogP) is 14.3. The average Bonchev–Trinajstić information content (AvgIpc) is 3.87. The highest BCUT2D eigenvalue weighted by molar-refractivity contribution is 6.10. The molecule has 0 radical (unpaired) electrons. The minimum atomic E-state index is -0.282. The molecule has 2 aromatic heterocycles. The Morgan fingerprint density at radius 1 is 0.467 bits per heavy atom. The molecule has 300 valence electrons. The van der Waals surface area contributed by atoms with Crippen molar-refractivity contribution < 1.29 is 4.74 Å². The summed E-state index contributed by atoms with van der Waals surface area (Å²) in [6.45, 7) is 18.8. The van der Waals surface area contributed by atoms with Crippen LogP contribution in [-0.2, 0) is 16.2 Å². The van der Waals surface area contributed by atoms with Crippen LogP contribution < -0.4 is 14.5 Å². The lowest BCUT2D eigenvalue weighted by molar-refractivity contribution is 0.480. The number of nitrogens with zero attached hydrogens (tertiary/aromatic N) is 4. The summed E-state index contributed by atoms with van der Waals surface area (Å²) in [5.74, 6) is 2.44. The van der Waals surface area contributed by atoms with Crippen LogP contribution in [0.4, 0.5) is 11.4 Å². The first-order chi connectivity index (χ1) is 28.7. The van der Waals surface area contributed by atoms with Crippen molar-refractivity contribution in [2.75, 3.05) is 16.5 Å². The Balaban J connectivity index is 1.14. The molecule has 5 heteroatoms. The van der Waals surface area contributed by atoms with Crippen molar-refractivity contribution >= 4 is 33.2 Å². The Kier molecular flexibility index (Phi) is 9.66. The van der Waals surface area contributed by atoms with E-state index in [1.165, 1.54) is 44.5 Å². The highest BCUT2D eigenvalue weighted by atomic mass is 16.5. The third kappa shape index (κ3) is 7.45. The minimum Gasteiger partial charge on any atom is -0.457 e. The van der Waals surface area contributed by atoms with E-state index in [2.05, 4.69) is 234 Å². The van der Waals surface area contributed by atoms with E-state index in [-0.39, 0.29) is 16.2 Å². The summed E-state index contributed by atoms with van der Waals surface area (Å²) >= 11 is 0. The average molecular weight is 787 g/mol. The second kappa shape index (κ2) is 14.9. The van der Waals surface area contributed by atoms with Gasteiger partial charge < -0.3 is 14.5 Å². The lowest BCUT2D eigenvalue weighted by atomic mass is 9.78. The van der Waals surface area contributed by atoms with E-state index >= 15 is 0 Å². The van der Waals surface area contributed by atoms with Crippen molar-refractivity contribution in [2.45, 2.75) is 71.6 Å². The molecule has 0 atom stereocenters. The lowest BCUT2D eigenvalue weighted by Gasteiger charge is -2.29. The fourth-order valence-corrected chi connectivity index (χ4v) is 8.36. The maximum atomic E-state index is 6.98. The molecule has 0 aliphatic carbocycles. The van der Waals surface area contributed by atoms with Crippen molar-refractivity contribution in [3.05, 3.63) is 193 Å². The van der Waals surface area contributed by atoms with Crippen LogP contribution in [0.3, 0.4) is 0 Å². The predicted molar refractivity (Wildman–Crippen MR) is 252 cm³/mol. The molecule has 5 nitrogen and oxygen atoms in total. The molecule has 0 unspecified atom stereocenters. The van der Waals surface area contributed by atoms with Gasteiger partial charge in [0.25, 0.3) is 0 Å². The van der Waals surface area contributed by atoms with Gasteiger partial charge in [-0.25, -0.2) is 4.98 Å². The Morgan fingerprint density at radius 3 is 1.87 bits per heavy atom. The summed E-state index contributed by atoms with van der Waals surface area (Å²) in [6.07, 6.45) is 6.29. The molecule has 0 fully saturated rings. The van der Waals surface area contributed by atoms with Crippen LogP contribution in [0.2, 0.25) is 0 Å². The van der Waals surface area contributed by atoms with Crippen LogP contribution in [0.15, 0.2) is 170 Å². The Labute approximate surface area is 355 Å². The maximum Gasteiger partial charge on any atom is 0.137 e. The zero-order valence-corrected chi connectivity index (χ0v) is 36.1. The first-order valence-corrected chi connectivity index (χ1v) is 21.0. The Hall–Kier alpha value is -6.59. The van der Waals surface area contributed by atoms with Crippen molar-refractivity contribution in [3.63, 3.8) is 0 Å². The maximum absolute atomic E-state index is 6.98. The smallest absolute Gasteiger partial charge is 0.137 e. The molecular formula is C55H54N4O. The Bertz CT molecular complexity index is 2870. The molecule has 8 aromatic rings. The molecule has 0 N–H and O–H groups in total. The van der Waals surface area contributed by atoms with Gasteiger partial charge in [0.2, 0.25) is 0 Å². The lowest BCUT2D eigenvalue weighted by Crippen LogP contribution is -2.26. The molecule has 9 rings (SSSR count). The van der Waals surface area contributed by atoms with E-state index in [1.54, 1.807) is 0 Å². The van der Waals surface area contributed by atoms with E-state index in [1.807, 2.05) is 6.20 Å². The van der Waals surface area contributed by atoms with Gasteiger partial charge in [-0.3, -0.25) is 4.57 Å². The van der Waals surface area contributed by atoms with Gasteiger partial charge in [0.05, 0.1) is 17.7 Å². The van der Waals surface area contributed by atoms with Crippen molar-refractivity contribution in [2.24, 2.45) is 0 Å². The first kappa shape index (κ1) is 38.9. The van der Waals surface area contributed by atoms with E-state index < -0.39 is 0 Å². The summed E-state index contributed by atoms with van der Waals surface area (Å²) in [6, 6.07) is 54.5. The van der Waals surface area contributed by atoms with Crippen LogP contribution in [0.1, 0.15) is 77.6 Å². The monoisotopic (exact) mass is 786 g/mol. The highest BCUT2D eigenvalue weighted by Crippen LogP contribution is 2.41. The van der Waals surface area contributed by atoms with Gasteiger partial charge in [-0.1, -0.05) is 134 Å². The SMILES string of the molecule is CC(C)(C)c1cccc(N2C=CN(c3cc(Oc4ccc5c6cc(-c7ccccc7)ccc6n(-c6cc(C(C)(C)C)ccn6)c5c4)cc(C(C)(C)c4ccccc4)c3)C2)c1. The number of pyridine rings is 1. The summed E-state index contributed by atoms with van der Waals surface area (Å²) in [4.78, 5) is 9.58. The second-order valence-electron chi connectivity index (χ2n) is 18.8. The number of fused-ring (bicyclic) bond motifs is 3. The van der Waals surface area contributed by atoms with E-state index in [9.17, 15) is 0 Å². The molecule has 1 aliphatic heterocycles. The van der Waals surface area contributed by atoms with Crippen molar-refractivity contribution in [1.29, 1.82) is 0 Å². The molecule has 0 saturated heterocycles. The molecule has 0 amide bonds. The van der Waals surface area contributed by atoms with Gasteiger partial charge >= 0.3 is 0 Å². The van der Waals surface area contributed by atoms with E-state index in [4.69, 9.17) is 9.72 Å². The van der Waals surface area contributed by atoms with Gasteiger partial charge in [0.15, 0.2) is 0 Å². The van der Waals surface area contributed by atoms with Gasteiger partial charge in [-0.15, -0.1) is 0 Å². The van der Waals surface area contributed by atoms with Crippen LogP contribution in [0.25, 0.3) is 38.8 Å². The molecule has 0 bridgehead atoms. The number of anilines is 2. The summed E-state index contributed by atoms with van der Waals surface area (Å²) in [5, 5.41) is 2.32. The van der Waals surface area contributed by atoms with E-state index in [0.717, 1.165) is 39.4 Å². The summed E-state index contributed by atoms with van der Waals surface area (Å²) in [5.41, 5.74) is 11.5. The fourth-order valence-electron chi connectivity index (χ4n) is 8.36. The molecule has 3 heterocycles. The van der Waals surface area contributed by atoms with Crippen LogP contribution in [0.5, 0.6) is 11.5 Å². The number of hydrogen-bond donors (Lipinski definition) is 0. The zero-order valence-electron chi connectivity index (χ0n) is 36.1. The number of ether oxygens (including phenoxy) is 1. The summed E-state index contributed by atoms with van der Waals surface area (Å²) in [7, 11) is 0. The molecule has 6 aromatic carbocycles. The van der Waals surface area contributed by atoms with Gasteiger partial charge in [0.1, 0.15) is 17.3 Å². The number of hydrogen-bond acceptors (Lipinski definition) is 4. The largest absolute Gasteiger partial charge is 0.457 e. The van der Waals surface area contributed by atoms with Crippen LogP contribution in [0, 0.1) is 0 Å². The van der Waals surface area contributed by atoms with E-state index in [0.29, 0.717) is 6.67 Å². The van der Waals surface area contributed by atoms with Crippen molar-refractivity contribution in [1.82, 2.24) is 9.55 Å². The normalized spacial score (nSPS) is 13.5. The minimum absolute atomic E-state index is 0.0283. The third-order valence-electron chi connectivity index (χ3n) is 12.1. The molecule has 0 spiro atoms. The number of aromatic nitrogens is 2. The molecule has 60 heavy (non-hydrogen) atoms. The Morgan fingerprint density at radius 2 is 1.13 bits per heavy atom. The van der Waals surface area contributed by atoms with Crippen LogP contribution >= 0.6 is 0 Å². The molecule has 1 aliphatic rings. The highest BCUT2D eigenvalue weighted by Gasteiger charge is 2.27. The quantitative estimate of drug-likeness (QED) is 0.154. The van der Waals surface area contributed by atoms with Gasteiger partial charge in [-0.2, -0.15) is 0 Å². The first-order valence-electron chi connectivity index (χ1n) is 21.0.